The van der Waals surface area contributed by atoms with E-state index in [-0.39, 0.29) is 5.82 Å². The summed E-state index contributed by atoms with van der Waals surface area (Å²) in [5.74, 6) is -0.488. The number of ether oxygens (including phenoxy) is 1. The van der Waals surface area contributed by atoms with Crippen LogP contribution in [0.15, 0.2) is 66.9 Å². The number of hydrogen-bond acceptors (Lipinski definition) is 6. The second-order valence-corrected chi connectivity index (χ2v) is 8.47. The van der Waals surface area contributed by atoms with Gasteiger partial charge >= 0.3 is 12.1 Å². The van der Waals surface area contributed by atoms with Crippen LogP contribution in [0.3, 0.4) is 0 Å². The van der Waals surface area contributed by atoms with Crippen LogP contribution in [0.2, 0.25) is 0 Å². The van der Waals surface area contributed by atoms with Gasteiger partial charge in [-0.1, -0.05) is 55.3 Å². The fraction of sp³-hybridized carbons (Fsp3) is 0.269. The molecule has 1 aromatic heterocycles. The van der Waals surface area contributed by atoms with E-state index in [2.05, 4.69) is 20.6 Å². The Hall–Kier alpha value is -4.27. The minimum atomic E-state index is -1.03. The quantitative estimate of drug-likeness (QED) is 0.418. The van der Waals surface area contributed by atoms with Crippen LogP contribution in [-0.4, -0.2) is 39.1 Å². The summed E-state index contributed by atoms with van der Waals surface area (Å²) in [6, 6.07) is 16.5. The predicted octanol–water partition coefficient (Wildman–Crippen LogP) is 4.44. The molecule has 4 rings (SSSR count). The summed E-state index contributed by atoms with van der Waals surface area (Å²) in [4.78, 5) is 44.8. The number of anilines is 1. The lowest BCUT2D eigenvalue weighted by Gasteiger charge is -2.14. The first-order valence-electron chi connectivity index (χ1n) is 11.4. The number of benzene rings is 2. The van der Waals surface area contributed by atoms with Crippen LogP contribution in [0.4, 0.5) is 10.6 Å². The van der Waals surface area contributed by atoms with Gasteiger partial charge in [-0.2, -0.15) is 0 Å². The van der Waals surface area contributed by atoms with Crippen LogP contribution in [0.25, 0.3) is 11.4 Å². The van der Waals surface area contributed by atoms with Gasteiger partial charge in [0.15, 0.2) is 5.82 Å². The third kappa shape index (κ3) is 6.63. The normalized spacial score (nSPS) is 14.4. The molecule has 3 N–H and O–H groups in total. The molecule has 0 spiro atoms. The van der Waals surface area contributed by atoms with Crippen LogP contribution >= 0.6 is 0 Å². The van der Waals surface area contributed by atoms with E-state index in [1.54, 1.807) is 37.3 Å². The summed E-state index contributed by atoms with van der Waals surface area (Å²) in [7, 11) is 0. The average Bonchev–Trinajstić information content (AvgIpc) is 3.68. The Morgan fingerprint density at radius 2 is 1.77 bits per heavy atom. The monoisotopic (exact) mass is 474 g/mol. The van der Waals surface area contributed by atoms with Gasteiger partial charge in [0.05, 0.1) is 0 Å². The van der Waals surface area contributed by atoms with Crippen molar-refractivity contribution >= 4 is 23.8 Å². The van der Waals surface area contributed by atoms with Crippen molar-refractivity contribution in [3.05, 3.63) is 78.0 Å². The van der Waals surface area contributed by atoms with Crippen LogP contribution < -0.4 is 10.6 Å². The zero-order valence-electron chi connectivity index (χ0n) is 19.2. The standard InChI is InChI=1S/C26H26N4O5/c1-16(18-5-3-2-4-6-18)35-26(34)30-22-13-14-27-23(29-22)19-9-11-20(12-10-19)24(31)28-21(25(32)33)15-17-7-8-17/h2-6,9-14,16-17,21H,7-8,15H2,1H3,(H,28,31)(H,32,33)(H,27,29,30,34). The highest BCUT2D eigenvalue weighted by Crippen LogP contribution is 2.33. The number of hydrogen-bond donors (Lipinski definition) is 3. The molecule has 9 heteroatoms. The van der Waals surface area contributed by atoms with Crippen molar-refractivity contribution in [2.45, 2.75) is 38.3 Å². The first kappa shape index (κ1) is 23.9. The Balaban J connectivity index is 1.37. The van der Waals surface area contributed by atoms with Crippen LogP contribution in [0.1, 0.15) is 48.2 Å². The van der Waals surface area contributed by atoms with E-state index in [1.165, 1.54) is 6.20 Å². The maximum atomic E-state index is 12.5. The number of carboxylic acid groups (broad SMARTS) is 1. The minimum absolute atomic E-state index is 0.270. The van der Waals surface area contributed by atoms with E-state index < -0.39 is 30.1 Å². The molecule has 3 aromatic rings. The number of nitrogens with one attached hydrogen (secondary N) is 2. The lowest BCUT2D eigenvalue weighted by Crippen LogP contribution is -2.41. The maximum absolute atomic E-state index is 12.5. The van der Waals surface area contributed by atoms with E-state index in [0.29, 0.717) is 29.3 Å². The number of carboxylic acids is 1. The Kier molecular flexibility index (Phi) is 7.35. The van der Waals surface area contributed by atoms with Gasteiger partial charge in [-0.05, 0) is 43.0 Å². The van der Waals surface area contributed by atoms with Crippen molar-refractivity contribution in [2.24, 2.45) is 5.92 Å². The third-order valence-corrected chi connectivity index (χ3v) is 5.71. The first-order valence-corrected chi connectivity index (χ1v) is 11.4. The zero-order valence-corrected chi connectivity index (χ0v) is 19.2. The molecule has 1 aliphatic carbocycles. The van der Waals surface area contributed by atoms with Gasteiger partial charge in [-0.15, -0.1) is 0 Å². The molecule has 0 aliphatic heterocycles. The van der Waals surface area contributed by atoms with E-state index in [0.717, 1.165) is 18.4 Å². The molecule has 9 nitrogen and oxygen atoms in total. The molecule has 0 radical (unpaired) electrons. The van der Waals surface area contributed by atoms with E-state index >= 15 is 0 Å². The van der Waals surface area contributed by atoms with Crippen LogP contribution in [0.5, 0.6) is 0 Å². The highest BCUT2D eigenvalue weighted by atomic mass is 16.6. The Bertz CT molecular complexity index is 1200. The molecular weight excluding hydrogens is 448 g/mol. The third-order valence-electron chi connectivity index (χ3n) is 5.71. The summed E-state index contributed by atoms with van der Waals surface area (Å²) < 4.78 is 5.41. The number of aromatic nitrogens is 2. The molecule has 0 saturated heterocycles. The first-order chi connectivity index (χ1) is 16.9. The minimum Gasteiger partial charge on any atom is -0.480 e. The molecule has 1 heterocycles. The molecule has 2 atom stereocenters. The molecule has 2 aromatic carbocycles. The number of nitrogens with zero attached hydrogens (tertiary/aromatic N) is 2. The summed E-state index contributed by atoms with van der Waals surface area (Å²) in [5.41, 5.74) is 1.84. The molecule has 2 unspecified atom stereocenters. The number of rotatable bonds is 9. The smallest absolute Gasteiger partial charge is 0.413 e. The summed E-state index contributed by atoms with van der Waals surface area (Å²) in [6.07, 6.45) is 2.89. The topological polar surface area (TPSA) is 131 Å². The molecule has 180 valence electrons. The summed E-state index contributed by atoms with van der Waals surface area (Å²) >= 11 is 0. The summed E-state index contributed by atoms with van der Waals surface area (Å²) in [5, 5.41) is 14.6. The number of carbonyl (C=O) groups is 3. The highest BCUT2D eigenvalue weighted by molar-refractivity contribution is 5.97. The fourth-order valence-corrected chi connectivity index (χ4v) is 3.57. The SMILES string of the molecule is CC(OC(=O)Nc1ccnc(-c2ccc(C(=O)NC(CC3CC3)C(=O)O)cc2)n1)c1ccccc1. The lowest BCUT2D eigenvalue weighted by atomic mass is 10.1. The molecule has 1 aliphatic rings. The zero-order chi connectivity index (χ0) is 24.8. The predicted molar refractivity (Wildman–Crippen MR) is 129 cm³/mol. The van der Waals surface area contributed by atoms with Crippen LogP contribution in [-0.2, 0) is 9.53 Å². The second-order valence-electron chi connectivity index (χ2n) is 8.47. The van der Waals surface area contributed by atoms with Crippen molar-refractivity contribution in [1.82, 2.24) is 15.3 Å². The maximum Gasteiger partial charge on any atom is 0.413 e. The molecule has 1 fully saturated rings. The van der Waals surface area contributed by atoms with E-state index in [9.17, 15) is 19.5 Å². The van der Waals surface area contributed by atoms with Crippen molar-refractivity contribution in [2.75, 3.05) is 5.32 Å². The van der Waals surface area contributed by atoms with Crippen molar-refractivity contribution in [1.29, 1.82) is 0 Å². The summed E-state index contributed by atoms with van der Waals surface area (Å²) in [6.45, 7) is 1.78. The molecule has 0 bridgehead atoms. The van der Waals surface area contributed by atoms with Crippen molar-refractivity contribution < 1.29 is 24.2 Å². The number of aliphatic carboxylic acids is 1. The highest BCUT2D eigenvalue weighted by Gasteiger charge is 2.30. The largest absolute Gasteiger partial charge is 0.480 e. The Labute approximate surface area is 202 Å². The van der Waals surface area contributed by atoms with Gasteiger partial charge in [0.2, 0.25) is 0 Å². The molecule has 35 heavy (non-hydrogen) atoms. The van der Waals surface area contributed by atoms with Gasteiger partial charge in [-0.25, -0.2) is 19.6 Å². The Morgan fingerprint density at radius 1 is 1.06 bits per heavy atom. The van der Waals surface area contributed by atoms with Crippen molar-refractivity contribution in [3.8, 4) is 11.4 Å². The molecule has 2 amide bonds. The molecule has 1 saturated carbocycles. The average molecular weight is 475 g/mol. The fourth-order valence-electron chi connectivity index (χ4n) is 3.57. The lowest BCUT2D eigenvalue weighted by molar-refractivity contribution is -0.139. The second kappa shape index (κ2) is 10.8. The van der Waals surface area contributed by atoms with Crippen LogP contribution in [0, 0.1) is 5.92 Å². The number of carbonyl (C=O) groups excluding carboxylic acids is 2. The van der Waals surface area contributed by atoms with E-state index in [4.69, 9.17) is 4.74 Å². The van der Waals surface area contributed by atoms with Gasteiger partial charge in [-0.3, -0.25) is 10.1 Å². The van der Waals surface area contributed by atoms with E-state index in [1.807, 2.05) is 30.3 Å². The van der Waals surface area contributed by atoms with Gasteiger partial charge < -0.3 is 15.2 Å². The van der Waals surface area contributed by atoms with Gasteiger partial charge in [0, 0.05) is 17.3 Å². The van der Waals surface area contributed by atoms with Crippen molar-refractivity contribution in [3.63, 3.8) is 0 Å². The Morgan fingerprint density at radius 3 is 2.43 bits per heavy atom. The van der Waals surface area contributed by atoms with Gasteiger partial charge in [0.25, 0.3) is 5.91 Å². The van der Waals surface area contributed by atoms with Gasteiger partial charge in [0.1, 0.15) is 18.0 Å². The number of amides is 2. The molecular formula is C26H26N4O5.